The zero-order valence-corrected chi connectivity index (χ0v) is 13.7. The third kappa shape index (κ3) is 4.11. The van der Waals surface area contributed by atoms with Gasteiger partial charge in [-0.05, 0) is 48.6 Å². The predicted octanol–water partition coefficient (Wildman–Crippen LogP) is 2.09. The van der Waals surface area contributed by atoms with Gasteiger partial charge >= 0.3 is 0 Å². The van der Waals surface area contributed by atoms with Gasteiger partial charge in [-0.15, -0.1) is 0 Å². The number of benzene rings is 1. The fraction of sp³-hybridized carbons (Fsp3) is 0.538. The largest absolute Gasteiger partial charge is 0.316 e. The van der Waals surface area contributed by atoms with Gasteiger partial charge in [0, 0.05) is 18.1 Å². The first kappa shape index (κ1) is 16.1. The molecule has 1 aromatic rings. The minimum Gasteiger partial charge on any atom is -0.316 e. The van der Waals surface area contributed by atoms with E-state index >= 15 is 0 Å². The van der Waals surface area contributed by atoms with Crippen molar-refractivity contribution in [2.75, 3.05) is 25.1 Å². The predicted molar refractivity (Wildman–Crippen MR) is 84.8 cm³/mol. The molecule has 0 aliphatic carbocycles. The summed E-state index contributed by atoms with van der Waals surface area (Å²) in [6.45, 7) is 1.12. The van der Waals surface area contributed by atoms with Crippen molar-refractivity contribution in [2.45, 2.75) is 17.9 Å². The molecule has 2 rings (SSSR count). The number of hydrogen-bond acceptors (Lipinski definition) is 4. The highest BCUT2D eigenvalue weighted by Crippen LogP contribution is 2.24. The lowest BCUT2D eigenvalue weighted by molar-refractivity contribution is 0.546. The molecule has 1 aromatic carbocycles. The maximum Gasteiger partial charge on any atom is 0.240 e. The first-order chi connectivity index (χ1) is 9.53. The molecule has 1 unspecified atom stereocenters. The summed E-state index contributed by atoms with van der Waals surface area (Å²) in [4.78, 5) is 0.230. The standard InChI is InChI=1S/C13H19ClN2O2S2/c1-15-8-11-2-3-12(6-13(11)14)20(17,18)16-7-10-4-5-19-9-10/h2-3,6,10,15-16H,4-5,7-9H2,1H3. The molecule has 0 saturated carbocycles. The van der Waals surface area contributed by atoms with Crippen molar-refractivity contribution in [3.8, 4) is 0 Å². The third-order valence-electron chi connectivity index (χ3n) is 3.29. The van der Waals surface area contributed by atoms with Crippen molar-refractivity contribution in [3.63, 3.8) is 0 Å². The fourth-order valence-electron chi connectivity index (χ4n) is 2.08. The van der Waals surface area contributed by atoms with E-state index in [0.29, 0.717) is 24.0 Å². The molecule has 1 heterocycles. The van der Waals surface area contributed by atoms with E-state index in [2.05, 4.69) is 10.0 Å². The van der Waals surface area contributed by atoms with Crippen molar-refractivity contribution >= 4 is 33.4 Å². The molecular weight excluding hydrogens is 316 g/mol. The monoisotopic (exact) mass is 334 g/mol. The first-order valence-electron chi connectivity index (χ1n) is 6.53. The average Bonchev–Trinajstić information content (AvgIpc) is 2.92. The molecule has 112 valence electrons. The molecule has 7 heteroatoms. The van der Waals surface area contributed by atoms with Crippen LogP contribution in [0.3, 0.4) is 0 Å². The second kappa shape index (κ2) is 7.13. The van der Waals surface area contributed by atoms with Crippen LogP contribution in [0.2, 0.25) is 5.02 Å². The Balaban J connectivity index is 2.06. The van der Waals surface area contributed by atoms with Gasteiger partial charge in [0.2, 0.25) is 10.0 Å². The molecule has 1 aliphatic rings. The molecule has 0 bridgehead atoms. The normalized spacial score (nSPS) is 19.4. The molecule has 4 nitrogen and oxygen atoms in total. The van der Waals surface area contributed by atoms with Gasteiger partial charge in [0.05, 0.1) is 4.90 Å². The zero-order valence-electron chi connectivity index (χ0n) is 11.4. The number of sulfonamides is 1. The van der Waals surface area contributed by atoms with Gasteiger partial charge in [0.25, 0.3) is 0 Å². The molecule has 0 radical (unpaired) electrons. The van der Waals surface area contributed by atoms with E-state index in [1.54, 1.807) is 12.1 Å². The van der Waals surface area contributed by atoms with E-state index in [9.17, 15) is 8.42 Å². The minimum absolute atomic E-state index is 0.230. The summed E-state index contributed by atoms with van der Waals surface area (Å²) in [6, 6.07) is 4.86. The summed E-state index contributed by atoms with van der Waals surface area (Å²) in [5.41, 5.74) is 0.889. The van der Waals surface area contributed by atoms with Crippen LogP contribution in [0.15, 0.2) is 23.1 Å². The lowest BCUT2D eigenvalue weighted by Crippen LogP contribution is -2.29. The van der Waals surface area contributed by atoms with Crippen LogP contribution in [0.1, 0.15) is 12.0 Å². The topological polar surface area (TPSA) is 58.2 Å². The van der Waals surface area contributed by atoms with Gasteiger partial charge in [-0.25, -0.2) is 13.1 Å². The van der Waals surface area contributed by atoms with Crippen LogP contribution in [0.5, 0.6) is 0 Å². The molecular formula is C13H19ClN2O2S2. The van der Waals surface area contributed by atoms with E-state index in [0.717, 1.165) is 23.5 Å². The van der Waals surface area contributed by atoms with Crippen LogP contribution in [0.4, 0.5) is 0 Å². The Labute approximate surface area is 129 Å². The second-order valence-electron chi connectivity index (χ2n) is 4.87. The highest BCUT2D eigenvalue weighted by atomic mass is 35.5. The second-order valence-corrected chi connectivity index (χ2v) is 8.19. The molecule has 0 spiro atoms. The molecule has 0 amide bonds. The summed E-state index contributed by atoms with van der Waals surface area (Å²) >= 11 is 7.98. The molecule has 2 N–H and O–H groups in total. The van der Waals surface area contributed by atoms with Crippen molar-refractivity contribution in [2.24, 2.45) is 5.92 Å². The van der Waals surface area contributed by atoms with Gasteiger partial charge in [0.1, 0.15) is 0 Å². The lowest BCUT2D eigenvalue weighted by atomic mass is 10.1. The molecule has 1 aliphatic heterocycles. The summed E-state index contributed by atoms with van der Waals surface area (Å²) in [5.74, 6) is 2.59. The summed E-state index contributed by atoms with van der Waals surface area (Å²) < 4.78 is 27.1. The smallest absolute Gasteiger partial charge is 0.240 e. The number of thioether (sulfide) groups is 1. The van der Waals surface area contributed by atoms with E-state index in [1.165, 1.54) is 6.07 Å². The van der Waals surface area contributed by atoms with E-state index in [4.69, 9.17) is 11.6 Å². The highest BCUT2D eigenvalue weighted by Gasteiger charge is 2.20. The van der Waals surface area contributed by atoms with Crippen LogP contribution < -0.4 is 10.0 Å². The van der Waals surface area contributed by atoms with Crippen LogP contribution in [0.25, 0.3) is 0 Å². The van der Waals surface area contributed by atoms with E-state index < -0.39 is 10.0 Å². The van der Waals surface area contributed by atoms with Crippen molar-refractivity contribution in [3.05, 3.63) is 28.8 Å². The number of nitrogens with one attached hydrogen (secondary N) is 2. The quantitative estimate of drug-likeness (QED) is 0.836. The molecule has 1 saturated heterocycles. The van der Waals surface area contributed by atoms with Crippen LogP contribution in [0, 0.1) is 5.92 Å². The summed E-state index contributed by atoms with van der Waals surface area (Å²) in [5, 5.41) is 3.46. The minimum atomic E-state index is -3.47. The maximum atomic E-state index is 12.2. The number of hydrogen-bond donors (Lipinski definition) is 2. The van der Waals surface area contributed by atoms with Gasteiger partial charge in [0.15, 0.2) is 0 Å². The Kier molecular flexibility index (Phi) is 5.74. The summed E-state index contributed by atoms with van der Waals surface area (Å²) in [7, 11) is -1.64. The average molecular weight is 335 g/mol. The summed E-state index contributed by atoms with van der Waals surface area (Å²) in [6.07, 6.45) is 1.08. The molecule has 0 aromatic heterocycles. The fourth-order valence-corrected chi connectivity index (χ4v) is 4.82. The Morgan fingerprint density at radius 3 is 2.85 bits per heavy atom. The Morgan fingerprint density at radius 2 is 2.25 bits per heavy atom. The van der Waals surface area contributed by atoms with Crippen molar-refractivity contribution in [1.29, 1.82) is 0 Å². The number of halogens is 1. The zero-order chi connectivity index (χ0) is 14.6. The van der Waals surface area contributed by atoms with E-state index in [-0.39, 0.29) is 4.90 Å². The maximum absolute atomic E-state index is 12.2. The van der Waals surface area contributed by atoms with Crippen molar-refractivity contribution in [1.82, 2.24) is 10.0 Å². The highest BCUT2D eigenvalue weighted by molar-refractivity contribution is 7.99. The van der Waals surface area contributed by atoms with Crippen molar-refractivity contribution < 1.29 is 8.42 Å². The van der Waals surface area contributed by atoms with E-state index in [1.807, 2.05) is 18.8 Å². The lowest BCUT2D eigenvalue weighted by Gasteiger charge is -2.12. The Hall–Kier alpha value is -0.270. The third-order valence-corrected chi connectivity index (χ3v) is 6.29. The molecule has 1 atom stereocenters. The van der Waals surface area contributed by atoms with Gasteiger partial charge in [-0.1, -0.05) is 17.7 Å². The van der Waals surface area contributed by atoms with Gasteiger partial charge in [-0.2, -0.15) is 11.8 Å². The van der Waals surface area contributed by atoms with Gasteiger partial charge < -0.3 is 5.32 Å². The first-order valence-corrected chi connectivity index (χ1v) is 9.55. The van der Waals surface area contributed by atoms with Crippen LogP contribution in [-0.4, -0.2) is 33.5 Å². The molecule has 1 fully saturated rings. The number of rotatable bonds is 6. The van der Waals surface area contributed by atoms with Gasteiger partial charge in [-0.3, -0.25) is 0 Å². The Bertz CT molecular complexity index is 557. The SMILES string of the molecule is CNCc1ccc(S(=O)(=O)NCC2CCSC2)cc1Cl. The van der Waals surface area contributed by atoms with Crippen LogP contribution in [-0.2, 0) is 16.6 Å². The van der Waals surface area contributed by atoms with Crippen LogP contribution >= 0.6 is 23.4 Å². The Morgan fingerprint density at radius 1 is 1.45 bits per heavy atom. The molecule has 20 heavy (non-hydrogen) atoms.